The van der Waals surface area contributed by atoms with Crippen LogP contribution in [0.2, 0.25) is 0 Å². The third kappa shape index (κ3) is 7.28. The molecule has 0 aliphatic carbocycles. The second-order valence-corrected chi connectivity index (χ2v) is 2.67. The van der Waals surface area contributed by atoms with E-state index >= 15 is 0 Å². The Kier molecular flexibility index (Phi) is 7.70. The van der Waals surface area contributed by atoms with Crippen LogP contribution in [0, 0.1) is 0 Å². The second-order valence-electron chi connectivity index (χ2n) is 2.67. The molecule has 0 aliphatic heterocycles. The number of carbonyl (C=O) groups excluding carboxylic acids is 1. The smallest absolute Gasteiger partial charge is 0.221 e. The van der Waals surface area contributed by atoms with Gasteiger partial charge in [-0.2, -0.15) is 0 Å². The lowest BCUT2D eigenvalue weighted by Gasteiger charge is -2.02. The van der Waals surface area contributed by atoms with Crippen LogP contribution in [0.4, 0.5) is 0 Å². The third-order valence-corrected chi connectivity index (χ3v) is 1.53. The maximum atomic E-state index is 10.9. The molecule has 0 aromatic carbocycles. The monoisotopic (exact) mass is 170 g/mol. The van der Waals surface area contributed by atoms with Crippen molar-refractivity contribution in [1.82, 2.24) is 5.32 Å². The lowest BCUT2D eigenvalue weighted by atomic mass is 10.2. The van der Waals surface area contributed by atoms with E-state index in [-0.39, 0.29) is 5.91 Å². The first-order valence-electron chi connectivity index (χ1n) is 4.39. The summed E-state index contributed by atoms with van der Waals surface area (Å²) in [6.45, 7) is 4.80. The van der Waals surface area contributed by atoms with E-state index in [9.17, 15) is 4.79 Å². The van der Waals surface area contributed by atoms with Gasteiger partial charge in [0, 0.05) is 19.5 Å². The fourth-order valence-corrected chi connectivity index (χ4v) is 0.861. The Balaban J connectivity index is 3.08. The Morgan fingerprint density at radius 2 is 2.25 bits per heavy atom. The largest absolute Gasteiger partial charge is 0.356 e. The van der Waals surface area contributed by atoms with Crippen LogP contribution in [-0.2, 0) is 4.79 Å². The Bertz CT molecular complexity index is 134. The number of allylic oxidation sites excluding steroid dienone is 1. The molecule has 0 bridgehead atoms. The van der Waals surface area contributed by atoms with E-state index in [1.165, 1.54) is 0 Å². The van der Waals surface area contributed by atoms with Crippen molar-refractivity contribution in [2.24, 2.45) is 5.73 Å². The third-order valence-electron chi connectivity index (χ3n) is 1.53. The van der Waals surface area contributed by atoms with Crippen molar-refractivity contribution in [1.29, 1.82) is 0 Å². The van der Waals surface area contributed by atoms with Crippen LogP contribution in [-0.4, -0.2) is 19.0 Å². The molecule has 0 spiro atoms. The normalized spacial score (nSPS) is 9.42. The van der Waals surface area contributed by atoms with Gasteiger partial charge in [-0.15, -0.1) is 6.58 Å². The minimum Gasteiger partial charge on any atom is -0.356 e. The molecule has 0 saturated heterocycles. The summed E-state index contributed by atoms with van der Waals surface area (Å²) in [4.78, 5) is 10.9. The summed E-state index contributed by atoms with van der Waals surface area (Å²) >= 11 is 0. The molecule has 0 fully saturated rings. The maximum absolute atomic E-state index is 10.9. The zero-order valence-corrected chi connectivity index (χ0v) is 7.51. The first-order valence-corrected chi connectivity index (χ1v) is 4.39. The van der Waals surface area contributed by atoms with E-state index in [0.29, 0.717) is 13.0 Å². The van der Waals surface area contributed by atoms with Gasteiger partial charge in [-0.1, -0.05) is 6.08 Å². The van der Waals surface area contributed by atoms with Crippen LogP contribution in [0.15, 0.2) is 12.7 Å². The molecule has 0 aromatic heterocycles. The van der Waals surface area contributed by atoms with E-state index in [0.717, 1.165) is 25.8 Å². The number of hydrogen-bond donors (Lipinski definition) is 2. The lowest BCUT2D eigenvalue weighted by Crippen LogP contribution is -2.26. The van der Waals surface area contributed by atoms with Crippen molar-refractivity contribution in [2.75, 3.05) is 13.1 Å². The molecule has 3 heteroatoms. The zero-order valence-electron chi connectivity index (χ0n) is 7.51. The van der Waals surface area contributed by atoms with E-state index in [1.807, 2.05) is 6.08 Å². The topological polar surface area (TPSA) is 55.1 Å². The van der Waals surface area contributed by atoms with Gasteiger partial charge in [0.2, 0.25) is 5.91 Å². The van der Waals surface area contributed by atoms with Crippen LogP contribution in [0.3, 0.4) is 0 Å². The summed E-state index contributed by atoms with van der Waals surface area (Å²) < 4.78 is 0. The molecule has 3 nitrogen and oxygen atoms in total. The van der Waals surface area contributed by atoms with E-state index in [2.05, 4.69) is 11.9 Å². The number of rotatable bonds is 7. The summed E-state index contributed by atoms with van der Waals surface area (Å²) in [5, 5.41) is 2.79. The quantitative estimate of drug-likeness (QED) is 0.439. The highest BCUT2D eigenvalue weighted by atomic mass is 16.1. The molecular formula is C9H18N2O. The van der Waals surface area contributed by atoms with Crippen molar-refractivity contribution in [3.8, 4) is 0 Å². The Hall–Kier alpha value is -0.830. The second kappa shape index (κ2) is 8.27. The highest BCUT2D eigenvalue weighted by molar-refractivity contribution is 5.75. The van der Waals surface area contributed by atoms with Gasteiger partial charge in [0.1, 0.15) is 0 Å². The molecule has 70 valence electrons. The molecule has 3 N–H and O–H groups in total. The fourth-order valence-electron chi connectivity index (χ4n) is 0.861. The first kappa shape index (κ1) is 11.2. The van der Waals surface area contributed by atoms with Crippen molar-refractivity contribution in [3.05, 3.63) is 12.7 Å². The lowest BCUT2D eigenvalue weighted by molar-refractivity contribution is -0.120. The van der Waals surface area contributed by atoms with Gasteiger partial charge in [-0.25, -0.2) is 0 Å². The molecule has 0 aromatic rings. The zero-order chi connectivity index (χ0) is 9.23. The number of nitrogens with one attached hydrogen (secondary N) is 1. The van der Waals surface area contributed by atoms with Crippen LogP contribution < -0.4 is 11.1 Å². The molecule has 0 unspecified atom stereocenters. The average Bonchev–Trinajstić information content (AvgIpc) is 2.05. The van der Waals surface area contributed by atoms with Crippen molar-refractivity contribution >= 4 is 5.91 Å². The molecule has 0 rings (SSSR count). The van der Waals surface area contributed by atoms with Gasteiger partial charge in [0.25, 0.3) is 0 Å². The van der Waals surface area contributed by atoms with Gasteiger partial charge >= 0.3 is 0 Å². The molecule has 1 amide bonds. The van der Waals surface area contributed by atoms with E-state index in [4.69, 9.17) is 5.73 Å². The van der Waals surface area contributed by atoms with Gasteiger partial charge < -0.3 is 11.1 Å². The highest BCUT2D eigenvalue weighted by Gasteiger charge is 1.96. The minimum atomic E-state index is 0.0519. The van der Waals surface area contributed by atoms with E-state index in [1.54, 1.807) is 0 Å². The number of nitrogens with two attached hydrogens (primary N) is 1. The first-order chi connectivity index (χ1) is 5.81. The number of amides is 1. The van der Waals surface area contributed by atoms with Gasteiger partial charge in [0.05, 0.1) is 0 Å². The number of unbranched alkanes of at least 4 members (excludes halogenated alkanes) is 2. The van der Waals surface area contributed by atoms with Crippen molar-refractivity contribution < 1.29 is 4.79 Å². The highest BCUT2D eigenvalue weighted by Crippen LogP contribution is 1.93. The maximum Gasteiger partial charge on any atom is 0.221 e. The van der Waals surface area contributed by atoms with Crippen LogP contribution in [0.1, 0.15) is 25.7 Å². The molecule has 0 saturated carbocycles. The molecule has 0 heterocycles. The SMILES string of the molecule is C=CCCCCNC(=O)CCN. The van der Waals surface area contributed by atoms with Crippen LogP contribution in [0.5, 0.6) is 0 Å². The van der Waals surface area contributed by atoms with Crippen molar-refractivity contribution in [2.45, 2.75) is 25.7 Å². The Labute approximate surface area is 74.0 Å². The van der Waals surface area contributed by atoms with Gasteiger partial charge in [-0.05, 0) is 19.3 Å². The Morgan fingerprint density at radius 3 is 2.83 bits per heavy atom. The molecular weight excluding hydrogens is 152 g/mol. The number of carbonyl (C=O) groups is 1. The summed E-state index contributed by atoms with van der Waals surface area (Å²) in [6, 6.07) is 0. The minimum absolute atomic E-state index is 0.0519. The summed E-state index contributed by atoms with van der Waals surface area (Å²) in [5.41, 5.74) is 5.21. The molecule has 12 heavy (non-hydrogen) atoms. The summed E-state index contributed by atoms with van der Waals surface area (Å²) in [7, 11) is 0. The summed E-state index contributed by atoms with van der Waals surface area (Å²) in [5.74, 6) is 0.0519. The van der Waals surface area contributed by atoms with E-state index < -0.39 is 0 Å². The average molecular weight is 170 g/mol. The standard InChI is InChI=1S/C9H18N2O/c1-2-3-4-5-8-11-9(12)6-7-10/h2H,1,3-8,10H2,(H,11,12). The molecule has 0 radical (unpaired) electrons. The fraction of sp³-hybridized carbons (Fsp3) is 0.667. The molecule has 0 aliphatic rings. The predicted molar refractivity (Wildman–Crippen MR) is 50.7 cm³/mol. The number of hydrogen-bond acceptors (Lipinski definition) is 2. The summed E-state index contributed by atoms with van der Waals surface area (Å²) in [6.07, 6.45) is 5.45. The Morgan fingerprint density at radius 1 is 1.50 bits per heavy atom. The van der Waals surface area contributed by atoms with Crippen LogP contribution in [0.25, 0.3) is 0 Å². The van der Waals surface area contributed by atoms with Crippen LogP contribution >= 0.6 is 0 Å². The van der Waals surface area contributed by atoms with Gasteiger partial charge in [0.15, 0.2) is 0 Å². The molecule has 0 atom stereocenters. The van der Waals surface area contributed by atoms with Gasteiger partial charge in [-0.3, -0.25) is 4.79 Å². The van der Waals surface area contributed by atoms with Crippen molar-refractivity contribution in [3.63, 3.8) is 0 Å². The predicted octanol–water partition coefficient (Wildman–Crippen LogP) is 0.808.